The van der Waals surface area contributed by atoms with E-state index < -0.39 is 57.2 Å². The number of fused-ring (bicyclic) bond motifs is 1. The van der Waals surface area contributed by atoms with Crippen molar-refractivity contribution in [3.63, 3.8) is 0 Å². The molecule has 5 nitrogen and oxygen atoms in total. The van der Waals surface area contributed by atoms with Gasteiger partial charge < -0.3 is 14.4 Å². The molecule has 0 bridgehead atoms. The van der Waals surface area contributed by atoms with Gasteiger partial charge in [0, 0.05) is 5.56 Å². The van der Waals surface area contributed by atoms with Crippen molar-refractivity contribution in [3.05, 3.63) is 39.9 Å². The molecule has 1 N–H and O–H groups in total. The van der Waals surface area contributed by atoms with E-state index in [4.69, 9.17) is 5.21 Å². The summed E-state index contributed by atoms with van der Waals surface area (Å²) in [5, 5.41) is 10.9. The van der Waals surface area contributed by atoms with Crippen molar-refractivity contribution in [2.75, 3.05) is 6.61 Å². The van der Waals surface area contributed by atoms with Crippen LogP contribution >= 0.6 is 0 Å². The normalized spacial score (nSPS) is 12.0. The zero-order valence-corrected chi connectivity index (χ0v) is 11.3. The van der Waals surface area contributed by atoms with Gasteiger partial charge in [-0.15, -0.1) is 0 Å². The summed E-state index contributed by atoms with van der Waals surface area (Å²) < 4.78 is 63.4. The van der Waals surface area contributed by atoms with Gasteiger partial charge in [-0.1, -0.05) is 5.16 Å². The fourth-order valence-corrected chi connectivity index (χ4v) is 1.98. The van der Waals surface area contributed by atoms with Gasteiger partial charge in [0.15, 0.2) is 17.4 Å². The van der Waals surface area contributed by atoms with Crippen molar-refractivity contribution < 1.29 is 36.7 Å². The number of carbonyl (C=O) groups is 1. The fraction of sp³-hybridized carbons (Fsp3) is 0.231. The molecule has 0 aromatic carbocycles. The van der Waals surface area contributed by atoms with Gasteiger partial charge in [0.2, 0.25) is 5.82 Å². The Morgan fingerprint density at radius 2 is 1.86 bits per heavy atom. The Hall–Kier alpha value is -2.58. The lowest BCUT2D eigenvalue weighted by atomic mass is 9.98. The van der Waals surface area contributed by atoms with Gasteiger partial charge >= 0.3 is 12.0 Å². The minimum atomic E-state index is -2.03. The summed E-state index contributed by atoms with van der Waals surface area (Å²) in [6.07, 6.45) is 0. The van der Waals surface area contributed by atoms with Crippen LogP contribution in [-0.4, -0.2) is 17.8 Å². The molecule has 0 aromatic rings. The molecule has 1 heterocycles. The Bertz CT molecular complexity index is 800. The Morgan fingerprint density at radius 1 is 1.23 bits per heavy atom. The molecule has 1 aliphatic heterocycles. The zero-order chi connectivity index (χ0) is 16.6. The molecule has 118 valence electrons. The summed E-state index contributed by atoms with van der Waals surface area (Å²) in [4.78, 5) is 11.8. The maximum atomic E-state index is 14.2. The average molecular weight is 319 g/mol. The van der Waals surface area contributed by atoms with Crippen LogP contribution < -0.4 is 5.36 Å². The van der Waals surface area contributed by atoms with Crippen LogP contribution in [-0.2, 0) is 4.74 Å². The number of hydrogen-bond acceptors (Lipinski definition) is 5. The van der Waals surface area contributed by atoms with E-state index in [9.17, 15) is 22.4 Å². The molecule has 9 heteroatoms. The van der Waals surface area contributed by atoms with Crippen LogP contribution in [0.25, 0.3) is 11.3 Å². The smallest absolute Gasteiger partial charge is 0.340 e. The second-order valence-corrected chi connectivity index (χ2v) is 4.19. The van der Waals surface area contributed by atoms with Gasteiger partial charge in [-0.3, -0.25) is 0 Å². The van der Waals surface area contributed by atoms with Gasteiger partial charge in [0.25, 0.3) is 0 Å². The molecule has 1 aliphatic carbocycles. The number of carbonyl (C=O) groups excluding carboxylic acids is 1. The molecule has 0 radical (unpaired) electrons. The minimum Gasteiger partial charge on any atom is -0.462 e. The summed E-state index contributed by atoms with van der Waals surface area (Å²) >= 11 is 0. The highest BCUT2D eigenvalue weighted by atomic mass is 19.2. The molecular formula is C13H9F4NO4. The van der Waals surface area contributed by atoms with E-state index in [1.54, 1.807) is 0 Å². The van der Waals surface area contributed by atoms with E-state index in [-0.39, 0.29) is 6.61 Å². The second-order valence-electron chi connectivity index (χ2n) is 4.19. The summed E-state index contributed by atoms with van der Waals surface area (Å²) in [6.45, 7) is 2.46. The van der Waals surface area contributed by atoms with Crippen LogP contribution in [0.1, 0.15) is 22.8 Å². The van der Waals surface area contributed by atoms with Crippen molar-refractivity contribution in [2.45, 2.75) is 13.8 Å². The Labute approximate surface area is 120 Å². The van der Waals surface area contributed by atoms with Gasteiger partial charge in [0.1, 0.15) is 5.36 Å². The molecule has 0 unspecified atom stereocenters. The SMILES string of the molecule is CCOC(=O)c1c(C)c(F)c2oc(F)c(F)c(F)c-2c1=NO. The number of hydrogen-bond donors (Lipinski definition) is 1. The monoisotopic (exact) mass is 319 g/mol. The third-order valence-corrected chi connectivity index (χ3v) is 2.96. The largest absolute Gasteiger partial charge is 0.462 e. The van der Waals surface area contributed by atoms with Gasteiger partial charge in [0.05, 0.1) is 17.7 Å². The first-order valence-corrected chi connectivity index (χ1v) is 5.99. The van der Waals surface area contributed by atoms with E-state index in [0.29, 0.717) is 0 Å². The van der Waals surface area contributed by atoms with Gasteiger partial charge in [-0.25, -0.2) is 13.6 Å². The van der Waals surface area contributed by atoms with E-state index in [2.05, 4.69) is 14.3 Å². The van der Waals surface area contributed by atoms with Crippen LogP contribution in [0.4, 0.5) is 17.6 Å². The van der Waals surface area contributed by atoms with Crippen LogP contribution in [0.15, 0.2) is 9.57 Å². The first-order chi connectivity index (χ1) is 10.3. The van der Waals surface area contributed by atoms with E-state index >= 15 is 0 Å². The molecule has 0 fully saturated rings. The summed E-state index contributed by atoms with van der Waals surface area (Å²) in [7, 11) is 0. The lowest BCUT2D eigenvalue weighted by molar-refractivity contribution is 0.0521. The van der Waals surface area contributed by atoms with Crippen molar-refractivity contribution in [1.29, 1.82) is 0 Å². The lowest BCUT2D eigenvalue weighted by Gasteiger charge is -2.14. The number of benzene rings is 1. The molecule has 2 rings (SSSR count). The maximum Gasteiger partial charge on any atom is 0.340 e. The molecule has 0 aromatic heterocycles. The van der Waals surface area contributed by atoms with Gasteiger partial charge in [-0.2, -0.15) is 8.78 Å². The molecule has 2 aliphatic rings. The fourth-order valence-electron chi connectivity index (χ4n) is 1.98. The first-order valence-electron chi connectivity index (χ1n) is 5.99. The van der Waals surface area contributed by atoms with Crippen molar-refractivity contribution in [2.24, 2.45) is 5.16 Å². The standard InChI is InChI=1S/C13H9F4NO4/c1-3-21-13(19)5-4(2)7(14)11-6(10(5)18-20)8(15)9(16)12(17)22-11/h20H,3H2,1-2H3. The lowest BCUT2D eigenvalue weighted by Crippen LogP contribution is -2.26. The Balaban J connectivity index is 3.05. The molecule has 0 spiro atoms. The van der Waals surface area contributed by atoms with Crippen LogP contribution in [0.5, 0.6) is 0 Å². The number of ether oxygens (including phenoxy) is 1. The van der Waals surface area contributed by atoms with Crippen molar-refractivity contribution >= 4 is 5.97 Å². The highest BCUT2D eigenvalue weighted by Gasteiger charge is 2.32. The van der Waals surface area contributed by atoms with Gasteiger partial charge in [-0.05, 0) is 13.8 Å². The summed E-state index contributed by atoms with van der Waals surface area (Å²) in [5.74, 6) is -7.32. The number of halogens is 4. The molecule has 22 heavy (non-hydrogen) atoms. The Kier molecular flexibility index (Phi) is 4.07. The van der Waals surface area contributed by atoms with E-state index in [0.717, 1.165) is 6.92 Å². The molecule has 0 saturated heterocycles. The number of rotatable bonds is 2. The Morgan fingerprint density at radius 3 is 2.41 bits per heavy atom. The third-order valence-electron chi connectivity index (χ3n) is 2.96. The number of nitrogens with zero attached hydrogens (tertiary/aromatic N) is 1. The predicted molar refractivity (Wildman–Crippen MR) is 63.2 cm³/mol. The highest BCUT2D eigenvalue weighted by molar-refractivity contribution is 5.93. The summed E-state index contributed by atoms with van der Waals surface area (Å²) in [6, 6.07) is -1.98. The molecule has 0 amide bonds. The van der Waals surface area contributed by atoms with Crippen LogP contribution in [0.3, 0.4) is 0 Å². The average Bonchev–Trinajstić information content (AvgIpc) is 2.48. The zero-order valence-electron chi connectivity index (χ0n) is 11.3. The van der Waals surface area contributed by atoms with E-state index in [1.807, 2.05) is 0 Å². The van der Waals surface area contributed by atoms with Crippen molar-refractivity contribution in [3.8, 4) is 11.3 Å². The van der Waals surface area contributed by atoms with Crippen LogP contribution in [0, 0.1) is 30.4 Å². The molecular weight excluding hydrogens is 310 g/mol. The van der Waals surface area contributed by atoms with E-state index in [1.165, 1.54) is 6.92 Å². The van der Waals surface area contributed by atoms with Crippen molar-refractivity contribution in [1.82, 2.24) is 0 Å². The predicted octanol–water partition coefficient (Wildman–Crippen LogP) is 2.72. The highest BCUT2D eigenvalue weighted by Crippen LogP contribution is 2.31. The van der Waals surface area contributed by atoms with Crippen LogP contribution in [0.2, 0.25) is 0 Å². The number of esters is 1. The maximum absolute atomic E-state index is 14.2. The molecule has 0 atom stereocenters. The summed E-state index contributed by atoms with van der Waals surface area (Å²) in [5.41, 5.74) is -2.05. The topological polar surface area (TPSA) is 72.0 Å². The second kappa shape index (κ2) is 5.66. The molecule has 0 saturated carbocycles. The first kappa shape index (κ1) is 15.8. The quantitative estimate of drug-likeness (QED) is 0.400. The minimum absolute atomic E-state index is 0.0898. The third kappa shape index (κ3) is 2.18.